The largest absolute Gasteiger partial charge is 0.477 e. The molecule has 0 aliphatic carbocycles. The van der Waals surface area contributed by atoms with Gasteiger partial charge in [0.05, 0.1) is 0 Å². The molecule has 1 N–H and O–H groups in total. The summed E-state index contributed by atoms with van der Waals surface area (Å²) in [5, 5.41) is 8.16. The van der Waals surface area contributed by atoms with Crippen molar-refractivity contribution in [3.63, 3.8) is 0 Å². The Labute approximate surface area is 52.3 Å². The molecule has 0 aromatic rings. The number of hydrogen-bond donors (Lipinski definition) is 1. The predicted molar refractivity (Wildman–Crippen MR) is 31.7 cm³/mol. The topological polar surface area (TPSA) is 54.4 Å². The molecule has 3 nitrogen and oxygen atoms in total. The van der Waals surface area contributed by atoms with Crippen LogP contribution in [-0.2, 0) is 9.59 Å². The minimum atomic E-state index is -1.23. The number of carboxylic acid groups (broad SMARTS) is 1. The molecule has 0 spiro atoms. The molecule has 0 saturated heterocycles. The highest BCUT2D eigenvalue weighted by Gasteiger charge is 2.03. The molecule has 0 amide bonds. The van der Waals surface area contributed by atoms with Crippen LogP contribution in [0.1, 0.15) is 6.42 Å². The average molecular weight is 126 g/mol. The molecule has 0 unspecified atom stereocenters. The fourth-order valence-electron chi connectivity index (χ4n) is 0.317. The lowest BCUT2D eigenvalue weighted by molar-refractivity contribution is -0.132. The van der Waals surface area contributed by atoms with E-state index in [1.54, 1.807) is 0 Å². The molecule has 0 saturated carbocycles. The van der Waals surface area contributed by atoms with E-state index in [1.807, 2.05) is 0 Å². The maximum Gasteiger partial charge on any atom is 0.343 e. The molecule has 0 radical (unpaired) electrons. The van der Waals surface area contributed by atoms with Gasteiger partial charge >= 0.3 is 5.97 Å². The lowest BCUT2D eigenvalue weighted by atomic mass is 10.2. The van der Waals surface area contributed by atoms with E-state index in [1.165, 1.54) is 12.0 Å². The fourth-order valence-corrected chi connectivity index (χ4v) is 0.317. The fraction of sp³-hybridized carbons (Fsp3) is 0.167. The molecule has 9 heavy (non-hydrogen) atoms. The second-order valence-electron chi connectivity index (χ2n) is 1.38. The van der Waals surface area contributed by atoms with E-state index < -0.39 is 5.97 Å². The van der Waals surface area contributed by atoms with Crippen molar-refractivity contribution in [3.05, 3.63) is 18.2 Å². The second-order valence-corrected chi connectivity index (χ2v) is 1.38. The molecule has 0 aliphatic rings. The SMILES string of the molecule is C=CCC(=C=O)C(=O)O. The van der Waals surface area contributed by atoms with E-state index in [-0.39, 0.29) is 12.0 Å². The van der Waals surface area contributed by atoms with E-state index in [0.717, 1.165) is 0 Å². The number of allylic oxidation sites excluding steroid dienone is 1. The lowest BCUT2D eigenvalue weighted by Crippen LogP contribution is -1.99. The van der Waals surface area contributed by atoms with Gasteiger partial charge in [0.1, 0.15) is 11.5 Å². The summed E-state index contributed by atoms with van der Waals surface area (Å²) in [7, 11) is 0. The summed E-state index contributed by atoms with van der Waals surface area (Å²) < 4.78 is 0. The number of carbonyl (C=O) groups is 1. The van der Waals surface area contributed by atoms with Crippen molar-refractivity contribution < 1.29 is 14.7 Å². The zero-order valence-electron chi connectivity index (χ0n) is 4.76. The van der Waals surface area contributed by atoms with Crippen molar-refractivity contribution in [2.45, 2.75) is 6.42 Å². The maximum atomic E-state index is 9.97. The van der Waals surface area contributed by atoms with Gasteiger partial charge in [0.2, 0.25) is 0 Å². The summed E-state index contributed by atoms with van der Waals surface area (Å²) in [6.07, 6.45) is 1.41. The van der Waals surface area contributed by atoms with Gasteiger partial charge in [0, 0.05) is 6.42 Å². The summed E-state index contributed by atoms with van der Waals surface area (Å²) in [6.45, 7) is 3.27. The smallest absolute Gasteiger partial charge is 0.343 e. The molecule has 0 atom stereocenters. The summed E-state index contributed by atoms with van der Waals surface area (Å²) in [5.74, 6) is 0.0667. The van der Waals surface area contributed by atoms with Crippen LogP contribution in [-0.4, -0.2) is 17.0 Å². The summed E-state index contributed by atoms with van der Waals surface area (Å²) in [4.78, 5) is 19.7. The van der Waals surface area contributed by atoms with Gasteiger partial charge in [0.15, 0.2) is 0 Å². The van der Waals surface area contributed by atoms with Crippen molar-refractivity contribution in [1.82, 2.24) is 0 Å². The standard InChI is InChI=1S/C6H6O3/c1-2-3-5(4-7)6(8)9/h2H,1,3H2,(H,8,9). The van der Waals surface area contributed by atoms with Crippen LogP contribution < -0.4 is 0 Å². The van der Waals surface area contributed by atoms with Crippen LogP contribution in [0.5, 0.6) is 0 Å². The molecule has 3 heteroatoms. The number of hydrogen-bond acceptors (Lipinski definition) is 2. The van der Waals surface area contributed by atoms with Crippen LogP contribution in [0.2, 0.25) is 0 Å². The highest BCUT2D eigenvalue weighted by Crippen LogP contribution is 1.95. The third kappa shape index (κ3) is 2.46. The molecule has 0 aromatic heterocycles. The van der Waals surface area contributed by atoms with Crippen LogP contribution in [0.3, 0.4) is 0 Å². The number of carbonyl (C=O) groups excluding carboxylic acids is 1. The van der Waals surface area contributed by atoms with Crippen LogP contribution in [0.4, 0.5) is 0 Å². The molecule has 0 bridgehead atoms. The van der Waals surface area contributed by atoms with Gasteiger partial charge in [0.25, 0.3) is 0 Å². The Morgan fingerprint density at radius 2 is 2.33 bits per heavy atom. The maximum absolute atomic E-state index is 9.97. The highest BCUT2D eigenvalue weighted by atomic mass is 16.4. The Morgan fingerprint density at radius 3 is 2.44 bits per heavy atom. The Balaban J connectivity index is 4.18. The van der Waals surface area contributed by atoms with Crippen molar-refractivity contribution >= 4 is 11.9 Å². The Kier molecular flexibility index (Phi) is 3.09. The minimum absolute atomic E-state index is 0.0683. The molecule has 0 rings (SSSR count). The molecule has 0 fully saturated rings. The zero-order chi connectivity index (χ0) is 7.28. The highest BCUT2D eigenvalue weighted by molar-refractivity contribution is 5.95. The third-order valence-electron chi connectivity index (χ3n) is 0.730. The summed E-state index contributed by atoms with van der Waals surface area (Å²) >= 11 is 0. The number of aliphatic carboxylic acids is 1. The van der Waals surface area contributed by atoms with Crippen molar-refractivity contribution in [1.29, 1.82) is 0 Å². The first-order valence-corrected chi connectivity index (χ1v) is 2.30. The Hall–Kier alpha value is -1.34. The van der Waals surface area contributed by atoms with E-state index >= 15 is 0 Å². The van der Waals surface area contributed by atoms with Crippen LogP contribution in [0.15, 0.2) is 18.2 Å². The second kappa shape index (κ2) is 3.64. The zero-order valence-corrected chi connectivity index (χ0v) is 4.76. The number of rotatable bonds is 3. The first-order chi connectivity index (χ1) is 4.22. The van der Waals surface area contributed by atoms with Crippen LogP contribution >= 0.6 is 0 Å². The van der Waals surface area contributed by atoms with Gasteiger partial charge < -0.3 is 5.11 Å². The van der Waals surface area contributed by atoms with Gasteiger partial charge in [-0.25, -0.2) is 9.59 Å². The van der Waals surface area contributed by atoms with Gasteiger partial charge in [-0.15, -0.1) is 6.58 Å². The van der Waals surface area contributed by atoms with Gasteiger partial charge in [-0.3, -0.25) is 0 Å². The lowest BCUT2D eigenvalue weighted by Gasteiger charge is -1.86. The normalized spacial score (nSPS) is 7.56. The molecular formula is C6H6O3. The van der Waals surface area contributed by atoms with E-state index in [0.29, 0.717) is 0 Å². The molecular weight excluding hydrogens is 120 g/mol. The van der Waals surface area contributed by atoms with Crippen molar-refractivity contribution in [3.8, 4) is 0 Å². The first-order valence-electron chi connectivity index (χ1n) is 2.30. The predicted octanol–water partition coefficient (Wildman–Crippen LogP) is 0.405. The molecule has 48 valence electrons. The molecule has 0 aromatic carbocycles. The van der Waals surface area contributed by atoms with Gasteiger partial charge in [-0.2, -0.15) is 0 Å². The Morgan fingerprint density at radius 1 is 1.78 bits per heavy atom. The van der Waals surface area contributed by atoms with Crippen LogP contribution in [0.25, 0.3) is 0 Å². The Bertz CT molecular complexity index is 175. The van der Waals surface area contributed by atoms with E-state index in [9.17, 15) is 9.59 Å². The van der Waals surface area contributed by atoms with Crippen molar-refractivity contribution in [2.24, 2.45) is 0 Å². The summed E-state index contributed by atoms with van der Waals surface area (Å²) in [5.41, 5.74) is -0.287. The van der Waals surface area contributed by atoms with Gasteiger partial charge in [-0.1, -0.05) is 6.08 Å². The minimum Gasteiger partial charge on any atom is -0.477 e. The van der Waals surface area contributed by atoms with Gasteiger partial charge in [-0.05, 0) is 0 Å². The molecule has 0 heterocycles. The first kappa shape index (κ1) is 7.66. The van der Waals surface area contributed by atoms with Crippen LogP contribution in [0, 0.1) is 0 Å². The number of carboxylic acids is 1. The quantitative estimate of drug-likeness (QED) is 0.338. The third-order valence-corrected chi connectivity index (χ3v) is 0.730. The van der Waals surface area contributed by atoms with E-state index in [4.69, 9.17) is 5.11 Å². The average Bonchev–Trinajstić information content (AvgIpc) is 1.82. The molecule has 0 aliphatic heterocycles. The summed E-state index contributed by atoms with van der Waals surface area (Å²) in [6, 6.07) is 0. The monoisotopic (exact) mass is 126 g/mol. The van der Waals surface area contributed by atoms with Crippen molar-refractivity contribution in [2.75, 3.05) is 0 Å². The van der Waals surface area contributed by atoms with E-state index in [2.05, 4.69) is 6.58 Å².